The number of amides is 4. The maximum Gasteiger partial charge on any atom is 0.408 e. The Morgan fingerprint density at radius 1 is 0.935 bits per heavy atom. The van der Waals surface area contributed by atoms with E-state index in [0.717, 1.165) is 57.8 Å². The summed E-state index contributed by atoms with van der Waals surface area (Å²) in [6.07, 6.45) is 10.2. The number of carbonyl (C=O) groups is 5. The summed E-state index contributed by atoms with van der Waals surface area (Å²) in [6, 6.07) is -2.58. The number of Topliss-reactive ketones (excluding diaryl/α,β-unsaturated/α-hetero) is 1. The molecule has 1 saturated heterocycles. The molecule has 7 atom stereocenters. The Hall–Kier alpha value is -2.91. The van der Waals surface area contributed by atoms with E-state index in [1.165, 1.54) is 6.08 Å². The molecule has 1 aliphatic heterocycles. The lowest BCUT2D eigenvalue weighted by atomic mass is 9.66. The molecule has 3 N–H and O–H groups in total. The van der Waals surface area contributed by atoms with Gasteiger partial charge in [-0.25, -0.2) is 4.79 Å². The molecule has 3 aliphatic carbocycles. The van der Waals surface area contributed by atoms with Gasteiger partial charge in [-0.15, -0.1) is 6.58 Å². The lowest BCUT2D eigenvalue weighted by Gasteiger charge is -2.44. The Balaban J connectivity index is 1.54. The third-order valence-electron chi connectivity index (χ3n) is 11.9. The molecule has 3 unspecified atom stereocenters. The lowest BCUT2D eigenvalue weighted by molar-refractivity contribution is -0.145. The van der Waals surface area contributed by atoms with Gasteiger partial charge in [-0.3, -0.25) is 19.2 Å². The molecule has 4 fully saturated rings. The monoisotopic (exact) mass is 642 g/mol. The first-order valence-electron chi connectivity index (χ1n) is 17.8. The predicted molar refractivity (Wildman–Crippen MR) is 176 cm³/mol. The van der Waals surface area contributed by atoms with Gasteiger partial charge in [0.15, 0.2) is 0 Å². The van der Waals surface area contributed by atoms with Gasteiger partial charge in [0, 0.05) is 18.5 Å². The highest BCUT2D eigenvalue weighted by molar-refractivity contribution is 6.38. The topological polar surface area (TPSA) is 134 Å². The normalized spacial score (nSPS) is 29.4. The Kier molecular flexibility index (Phi) is 11.6. The lowest BCUT2D eigenvalue weighted by Crippen LogP contribution is -2.60. The number of hydrogen-bond donors (Lipinski definition) is 3. The van der Waals surface area contributed by atoms with E-state index in [-0.39, 0.29) is 47.1 Å². The van der Waals surface area contributed by atoms with Gasteiger partial charge >= 0.3 is 6.09 Å². The van der Waals surface area contributed by atoms with E-state index in [4.69, 9.17) is 4.74 Å². The molecule has 0 bridgehead atoms. The molecule has 0 aromatic carbocycles. The fraction of sp³-hybridized carbons (Fsp3) is 0.806. The quantitative estimate of drug-likeness (QED) is 0.193. The van der Waals surface area contributed by atoms with Crippen LogP contribution in [0.2, 0.25) is 0 Å². The van der Waals surface area contributed by atoms with Crippen molar-refractivity contribution in [1.82, 2.24) is 20.9 Å². The van der Waals surface area contributed by atoms with E-state index in [1.54, 1.807) is 4.90 Å². The minimum atomic E-state index is -0.992. The van der Waals surface area contributed by atoms with Crippen LogP contribution < -0.4 is 16.0 Å². The van der Waals surface area contributed by atoms with Crippen molar-refractivity contribution in [3.05, 3.63) is 12.7 Å². The van der Waals surface area contributed by atoms with E-state index >= 15 is 0 Å². The number of rotatable bonds is 13. The summed E-state index contributed by atoms with van der Waals surface area (Å²) < 4.78 is 6.08. The van der Waals surface area contributed by atoms with Crippen LogP contribution in [0.15, 0.2) is 12.7 Å². The van der Waals surface area contributed by atoms with Gasteiger partial charge in [-0.2, -0.15) is 0 Å². The number of carbonyl (C=O) groups excluding carboxylic acids is 5. The van der Waals surface area contributed by atoms with Gasteiger partial charge in [0.2, 0.25) is 17.6 Å². The van der Waals surface area contributed by atoms with E-state index in [9.17, 15) is 24.0 Å². The largest absolute Gasteiger partial charge is 0.446 e. The summed E-state index contributed by atoms with van der Waals surface area (Å²) in [6.45, 7) is 16.7. The van der Waals surface area contributed by atoms with Crippen molar-refractivity contribution in [2.24, 2.45) is 34.5 Å². The van der Waals surface area contributed by atoms with Crippen LogP contribution in [0.3, 0.4) is 0 Å². The highest BCUT2D eigenvalue weighted by atomic mass is 16.6. The van der Waals surface area contributed by atoms with Crippen LogP contribution in [0.25, 0.3) is 0 Å². The van der Waals surface area contributed by atoms with Crippen molar-refractivity contribution in [3.63, 3.8) is 0 Å². The SMILES string of the molecule is C=CCNC(=O)C(=O)C(CCC)NC(=O)[C@@H]1[C@@H]2[C@H](CN1C(=O)[C@@H](NC(=O)OC1CCCC(CC)C1(C)C)C1CCCCC1)C2(C)C. The molecule has 4 amide bonds. The van der Waals surface area contributed by atoms with Crippen LogP contribution >= 0.6 is 0 Å². The highest BCUT2D eigenvalue weighted by Crippen LogP contribution is 2.65. The van der Waals surface area contributed by atoms with Crippen LogP contribution in [-0.4, -0.2) is 71.8 Å². The van der Waals surface area contributed by atoms with E-state index in [1.807, 2.05) is 6.92 Å². The number of hydrogen-bond acceptors (Lipinski definition) is 6. The molecule has 46 heavy (non-hydrogen) atoms. The third kappa shape index (κ3) is 7.46. The van der Waals surface area contributed by atoms with E-state index < -0.39 is 41.8 Å². The molecule has 4 rings (SSSR count). The minimum Gasteiger partial charge on any atom is -0.446 e. The first-order chi connectivity index (χ1) is 21.8. The molecular weight excluding hydrogens is 584 g/mol. The van der Waals surface area contributed by atoms with Gasteiger partial charge in [0.25, 0.3) is 5.91 Å². The summed E-state index contributed by atoms with van der Waals surface area (Å²) in [7, 11) is 0. The fourth-order valence-electron chi connectivity index (χ4n) is 8.85. The molecule has 258 valence electrons. The van der Waals surface area contributed by atoms with Crippen molar-refractivity contribution in [2.45, 2.75) is 136 Å². The molecule has 0 aromatic heterocycles. The van der Waals surface area contributed by atoms with Gasteiger partial charge in [-0.1, -0.05) is 79.7 Å². The molecule has 1 heterocycles. The van der Waals surface area contributed by atoms with Crippen molar-refractivity contribution >= 4 is 29.6 Å². The van der Waals surface area contributed by atoms with E-state index in [0.29, 0.717) is 25.3 Å². The average Bonchev–Trinajstić information content (AvgIpc) is 3.34. The molecule has 10 nitrogen and oxygen atoms in total. The van der Waals surface area contributed by atoms with Gasteiger partial charge in [-0.05, 0) is 67.6 Å². The Morgan fingerprint density at radius 2 is 1.63 bits per heavy atom. The average molecular weight is 643 g/mol. The Morgan fingerprint density at radius 3 is 2.26 bits per heavy atom. The Labute approximate surface area is 275 Å². The zero-order chi connectivity index (χ0) is 33.8. The van der Waals surface area contributed by atoms with Gasteiger partial charge in [0.05, 0.1) is 6.04 Å². The number of fused-ring (bicyclic) bond motifs is 1. The maximum atomic E-state index is 14.5. The summed E-state index contributed by atoms with van der Waals surface area (Å²) >= 11 is 0. The summed E-state index contributed by atoms with van der Waals surface area (Å²) in [4.78, 5) is 69.2. The molecule has 10 heteroatoms. The number of ether oxygens (including phenoxy) is 1. The second kappa shape index (κ2) is 14.9. The standard InChI is InChI=1S/C36H58N4O6/c1-8-15-25(30(41)32(43)37-20-9-2)38-31(42)29-27-24(36(27,6)7)21-40(29)33(44)28(22-16-12-11-13-17-22)39-34(45)46-26-19-14-18-23(10-3)35(26,4)5/h9,22-29H,2,8,10-21H2,1,3-7H3,(H,37,43)(H,38,42)(H,39,45)/t23?,24-,25?,26?,27-,28-,29-/m0/s1. The van der Waals surface area contributed by atoms with Gasteiger partial charge in [0.1, 0.15) is 18.2 Å². The Bertz CT molecular complexity index is 1160. The number of likely N-dealkylation sites (tertiary alicyclic amines) is 1. The second-order valence-corrected chi connectivity index (χ2v) is 15.4. The minimum absolute atomic E-state index is 0.0480. The van der Waals surface area contributed by atoms with Crippen LogP contribution in [0.4, 0.5) is 4.79 Å². The number of nitrogens with zero attached hydrogens (tertiary/aromatic N) is 1. The summed E-state index contributed by atoms with van der Waals surface area (Å²) in [5.74, 6) is -1.68. The fourth-order valence-corrected chi connectivity index (χ4v) is 8.85. The maximum absolute atomic E-state index is 14.5. The van der Waals surface area contributed by atoms with Crippen molar-refractivity contribution in [3.8, 4) is 0 Å². The zero-order valence-corrected chi connectivity index (χ0v) is 29.0. The van der Waals surface area contributed by atoms with Crippen molar-refractivity contribution < 1.29 is 28.7 Å². The van der Waals surface area contributed by atoms with Crippen LogP contribution in [0.1, 0.15) is 112 Å². The van der Waals surface area contributed by atoms with Crippen molar-refractivity contribution in [1.29, 1.82) is 0 Å². The zero-order valence-electron chi connectivity index (χ0n) is 29.0. The van der Waals surface area contributed by atoms with Crippen molar-refractivity contribution in [2.75, 3.05) is 13.1 Å². The smallest absolute Gasteiger partial charge is 0.408 e. The van der Waals surface area contributed by atoms with E-state index in [2.05, 4.69) is 57.1 Å². The molecule has 0 spiro atoms. The van der Waals surface area contributed by atoms with Crippen LogP contribution in [-0.2, 0) is 23.9 Å². The third-order valence-corrected chi connectivity index (χ3v) is 11.9. The summed E-state index contributed by atoms with van der Waals surface area (Å²) in [5.41, 5.74) is -0.297. The first-order valence-corrected chi connectivity index (χ1v) is 17.8. The van der Waals surface area contributed by atoms with Crippen LogP contribution in [0.5, 0.6) is 0 Å². The number of piperidine rings is 1. The molecule has 4 aliphatic rings. The highest BCUT2D eigenvalue weighted by Gasteiger charge is 2.69. The number of ketones is 1. The second-order valence-electron chi connectivity index (χ2n) is 15.4. The molecule has 0 radical (unpaired) electrons. The number of alkyl carbamates (subject to hydrolysis) is 1. The molecular formula is C36H58N4O6. The molecule has 3 saturated carbocycles. The number of nitrogens with one attached hydrogen (secondary N) is 3. The first kappa shape index (κ1) is 35.9. The predicted octanol–water partition coefficient (Wildman–Crippen LogP) is 4.91. The summed E-state index contributed by atoms with van der Waals surface area (Å²) in [5, 5.41) is 8.36. The van der Waals surface area contributed by atoms with Crippen LogP contribution in [0, 0.1) is 34.5 Å². The van der Waals surface area contributed by atoms with Gasteiger partial charge < -0.3 is 25.6 Å². The molecule has 0 aromatic rings.